The van der Waals surface area contributed by atoms with Crippen LogP contribution in [0.25, 0.3) is 0 Å². The fourth-order valence-corrected chi connectivity index (χ4v) is 1.76. The average Bonchev–Trinajstić information content (AvgIpc) is 2.31. The first-order valence-corrected chi connectivity index (χ1v) is 5.12. The predicted octanol–water partition coefficient (Wildman–Crippen LogP) is 1.73. The normalized spacial score (nSPS) is 22.8. The van der Waals surface area contributed by atoms with E-state index in [1.807, 2.05) is 30.3 Å². The van der Waals surface area contributed by atoms with E-state index in [2.05, 4.69) is 5.32 Å². The van der Waals surface area contributed by atoms with Gasteiger partial charge < -0.3 is 10.4 Å². The fraction of sp³-hybridized carbons (Fsp3) is 0.154. The van der Waals surface area contributed by atoms with E-state index in [1.54, 1.807) is 24.4 Å². The number of aliphatic carboxylic acids is 1. The zero-order chi connectivity index (χ0) is 11.4. The van der Waals surface area contributed by atoms with E-state index in [1.165, 1.54) is 0 Å². The SMILES string of the molecule is O=C(O)C1(Cc2ccccc2)C=CC=CN1. The molecule has 0 saturated heterocycles. The van der Waals surface area contributed by atoms with Crippen LogP contribution in [0.4, 0.5) is 0 Å². The predicted molar refractivity (Wildman–Crippen MR) is 61.9 cm³/mol. The summed E-state index contributed by atoms with van der Waals surface area (Å²) in [6, 6.07) is 9.60. The van der Waals surface area contributed by atoms with Gasteiger partial charge in [0.25, 0.3) is 0 Å². The zero-order valence-corrected chi connectivity index (χ0v) is 8.76. The van der Waals surface area contributed by atoms with Crippen LogP contribution in [0.5, 0.6) is 0 Å². The maximum absolute atomic E-state index is 11.3. The van der Waals surface area contributed by atoms with Gasteiger partial charge in [0.15, 0.2) is 5.54 Å². The monoisotopic (exact) mass is 215 g/mol. The molecular weight excluding hydrogens is 202 g/mol. The summed E-state index contributed by atoms with van der Waals surface area (Å²) < 4.78 is 0. The summed E-state index contributed by atoms with van der Waals surface area (Å²) in [5.74, 6) is -0.864. The van der Waals surface area contributed by atoms with Gasteiger partial charge in [-0.25, -0.2) is 4.79 Å². The first-order chi connectivity index (χ1) is 7.73. The highest BCUT2D eigenvalue weighted by Gasteiger charge is 2.35. The molecule has 1 heterocycles. The van der Waals surface area contributed by atoms with E-state index < -0.39 is 11.5 Å². The van der Waals surface area contributed by atoms with Gasteiger partial charge in [0.2, 0.25) is 0 Å². The molecule has 82 valence electrons. The van der Waals surface area contributed by atoms with E-state index >= 15 is 0 Å². The largest absolute Gasteiger partial charge is 0.479 e. The Balaban J connectivity index is 2.25. The number of carboxylic acids is 1. The summed E-state index contributed by atoms with van der Waals surface area (Å²) in [7, 11) is 0. The Hall–Kier alpha value is -2.03. The van der Waals surface area contributed by atoms with Gasteiger partial charge in [0.05, 0.1) is 0 Å². The molecule has 0 saturated carbocycles. The van der Waals surface area contributed by atoms with Crippen molar-refractivity contribution >= 4 is 5.97 Å². The van der Waals surface area contributed by atoms with Crippen molar-refractivity contribution in [1.29, 1.82) is 0 Å². The van der Waals surface area contributed by atoms with Crippen molar-refractivity contribution in [3.8, 4) is 0 Å². The van der Waals surface area contributed by atoms with Crippen molar-refractivity contribution < 1.29 is 9.90 Å². The Morgan fingerprint density at radius 2 is 2.00 bits per heavy atom. The highest BCUT2D eigenvalue weighted by molar-refractivity contribution is 5.82. The van der Waals surface area contributed by atoms with Crippen LogP contribution >= 0.6 is 0 Å². The molecule has 0 aliphatic carbocycles. The molecule has 2 rings (SSSR count). The Kier molecular flexibility index (Phi) is 2.77. The van der Waals surface area contributed by atoms with Crippen molar-refractivity contribution in [3.05, 3.63) is 60.3 Å². The number of allylic oxidation sites excluding steroid dienone is 2. The molecule has 3 nitrogen and oxygen atoms in total. The summed E-state index contributed by atoms with van der Waals surface area (Å²) in [6.45, 7) is 0. The molecule has 1 aliphatic rings. The number of hydrogen-bond donors (Lipinski definition) is 2. The molecule has 1 aromatic carbocycles. The molecule has 16 heavy (non-hydrogen) atoms. The van der Waals surface area contributed by atoms with Crippen molar-refractivity contribution in [3.63, 3.8) is 0 Å². The second kappa shape index (κ2) is 4.23. The first-order valence-electron chi connectivity index (χ1n) is 5.12. The van der Waals surface area contributed by atoms with Crippen LogP contribution in [0.3, 0.4) is 0 Å². The van der Waals surface area contributed by atoms with Crippen molar-refractivity contribution in [2.45, 2.75) is 12.0 Å². The topological polar surface area (TPSA) is 49.3 Å². The van der Waals surface area contributed by atoms with Crippen molar-refractivity contribution in [1.82, 2.24) is 5.32 Å². The molecule has 0 aromatic heterocycles. The molecule has 0 spiro atoms. The maximum atomic E-state index is 11.3. The molecule has 1 aliphatic heterocycles. The zero-order valence-electron chi connectivity index (χ0n) is 8.76. The minimum atomic E-state index is -1.02. The molecule has 1 aromatic rings. The molecule has 0 amide bonds. The van der Waals surface area contributed by atoms with Gasteiger partial charge in [-0.05, 0) is 23.9 Å². The van der Waals surface area contributed by atoms with Gasteiger partial charge in [-0.15, -0.1) is 0 Å². The van der Waals surface area contributed by atoms with Gasteiger partial charge >= 0.3 is 5.97 Å². The van der Waals surface area contributed by atoms with E-state index in [0.29, 0.717) is 6.42 Å². The highest BCUT2D eigenvalue weighted by Crippen LogP contribution is 2.18. The summed E-state index contributed by atoms with van der Waals surface area (Å²) in [5, 5.41) is 12.2. The van der Waals surface area contributed by atoms with Gasteiger partial charge in [0.1, 0.15) is 0 Å². The van der Waals surface area contributed by atoms with Crippen LogP contribution in [0.1, 0.15) is 5.56 Å². The molecule has 0 fully saturated rings. The van der Waals surface area contributed by atoms with Crippen molar-refractivity contribution in [2.24, 2.45) is 0 Å². The third-order valence-electron chi connectivity index (χ3n) is 2.64. The Morgan fingerprint density at radius 3 is 2.56 bits per heavy atom. The number of dihydropyridines is 1. The van der Waals surface area contributed by atoms with Gasteiger partial charge in [0, 0.05) is 6.42 Å². The van der Waals surface area contributed by atoms with Crippen molar-refractivity contribution in [2.75, 3.05) is 0 Å². The molecule has 1 atom stereocenters. The Bertz CT molecular complexity index is 437. The number of nitrogens with one attached hydrogen (secondary N) is 1. The second-order valence-electron chi connectivity index (χ2n) is 3.80. The number of carbonyl (C=O) groups is 1. The molecule has 3 heteroatoms. The minimum Gasteiger partial charge on any atom is -0.479 e. The van der Waals surface area contributed by atoms with E-state index in [0.717, 1.165) is 5.56 Å². The minimum absolute atomic E-state index is 0.435. The smallest absolute Gasteiger partial charge is 0.333 e. The number of carboxylic acid groups (broad SMARTS) is 1. The Morgan fingerprint density at radius 1 is 1.25 bits per heavy atom. The van der Waals surface area contributed by atoms with Crippen LogP contribution in [-0.2, 0) is 11.2 Å². The number of benzene rings is 1. The molecular formula is C13H13NO2. The molecule has 2 N–H and O–H groups in total. The third-order valence-corrected chi connectivity index (χ3v) is 2.64. The highest BCUT2D eigenvalue weighted by atomic mass is 16.4. The molecule has 1 unspecified atom stereocenters. The second-order valence-corrected chi connectivity index (χ2v) is 3.80. The lowest BCUT2D eigenvalue weighted by atomic mass is 9.89. The van der Waals surface area contributed by atoms with E-state index in [4.69, 9.17) is 0 Å². The summed E-state index contributed by atoms with van der Waals surface area (Å²) in [4.78, 5) is 11.3. The van der Waals surface area contributed by atoms with Crippen LogP contribution in [-0.4, -0.2) is 16.6 Å². The Labute approximate surface area is 94.1 Å². The summed E-state index contributed by atoms with van der Waals surface area (Å²) >= 11 is 0. The van der Waals surface area contributed by atoms with E-state index in [-0.39, 0.29) is 0 Å². The lowest BCUT2D eigenvalue weighted by Crippen LogP contribution is -2.50. The maximum Gasteiger partial charge on any atom is 0.333 e. The molecule has 0 bridgehead atoms. The lowest BCUT2D eigenvalue weighted by molar-refractivity contribution is -0.142. The van der Waals surface area contributed by atoms with Crippen LogP contribution in [0, 0.1) is 0 Å². The molecule has 0 radical (unpaired) electrons. The van der Waals surface area contributed by atoms with Gasteiger partial charge in [-0.3, -0.25) is 0 Å². The van der Waals surface area contributed by atoms with Gasteiger partial charge in [-0.1, -0.05) is 36.4 Å². The third kappa shape index (κ3) is 1.98. The van der Waals surface area contributed by atoms with Gasteiger partial charge in [-0.2, -0.15) is 0 Å². The lowest BCUT2D eigenvalue weighted by Gasteiger charge is -2.28. The number of rotatable bonds is 3. The standard InChI is InChI=1S/C13H13NO2/c15-12(16)13(8-4-5-9-14-13)10-11-6-2-1-3-7-11/h1-9,14H,10H2,(H,15,16). The summed E-state index contributed by atoms with van der Waals surface area (Å²) in [6.07, 6.45) is 7.32. The summed E-state index contributed by atoms with van der Waals surface area (Å²) in [5.41, 5.74) is -0.0202. The van der Waals surface area contributed by atoms with Crippen LogP contribution < -0.4 is 5.32 Å². The fourth-order valence-electron chi connectivity index (χ4n) is 1.76. The van der Waals surface area contributed by atoms with Crippen LogP contribution in [0.2, 0.25) is 0 Å². The quantitative estimate of drug-likeness (QED) is 0.807. The van der Waals surface area contributed by atoms with Crippen LogP contribution in [0.15, 0.2) is 54.8 Å². The van der Waals surface area contributed by atoms with E-state index in [9.17, 15) is 9.90 Å². The number of hydrogen-bond acceptors (Lipinski definition) is 2. The average molecular weight is 215 g/mol. The first kappa shape index (κ1) is 10.5.